The summed E-state index contributed by atoms with van der Waals surface area (Å²) in [6.45, 7) is 0. The highest BCUT2D eigenvalue weighted by Crippen LogP contribution is 2.64. The molecule has 1 aliphatic heterocycles. The molecule has 10 aromatic carbocycles. The maximum Gasteiger partial charge on any atom is 0.143 e. The van der Waals surface area contributed by atoms with E-state index in [-0.39, 0.29) is 0 Å². The Labute approximate surface area is 324 Å². The average molecular weight is 709 g/mol. The molecule has 1 spiro atoms. The van der Waals surface area contributed by atoms with E-state index in [4.69, 9.17) is 4.74 Å². The molecule has 1 nitrogen and oxygen atoms in total. The molecule has 1 heterocycles. The zero-order valence-corrected chi connectivity index (χ0v) is 30.4. The van der Waals surface area contributed by atoms with Gasteiger partial charge in [0.05, 0.1) is 5.41 Å². The van der Waals surface area contributed by atoms with Gasteiger partial charge in [-0.25, -0.2) is 0 Å². The highest BCUT2D eigenvalue weighted by atomic mass is 16.5. The molecule has 0 N–H and O–H groups in total. The highest BCUT2D eigenvalue weighted by Gasteiger charge is 2.52. The summed E-state index contributed by atoms with van der Waals surface area (Å²) < 4.78 is 6.82. The van der Waals surface area contributed by atoms with Gasteiger partial charge in [0.1, 0.15) is 11.5 Å². The molecule has 2 aliphatic carbocycles. The minimum absolute atomic E-state index is 0.424. The molecular weight excluding hydrogens is 677 g/mol. The van der Waals surface area contributed by atoms with Gasteiger partial charge in [0.15, 0.2) is 0 Å². The Morgan fingerprint density at radius 2 is 0.911 bits per heavy atom. The van der Waals surface area contributed by atoms with Crippen LogP contribution in [0.15, 0.2) is 194 Å². The van der Waals surface area contributed by atoms with Crippen molar-refractivity contribution in [2.45, 2.75) is 5.41 Å². The minimum atomic E-state index is -0.424. The Bertz CT molecular complexity index is 3350. The predicted molar refractivity (Wildman–Crippen MR) is 232 cm³/mol. The summed E-state index contributed by atoms with van der Waals surface area (Å²) >= 11 is 0. The first-order valence-corrected chi connectivity index (χ1v) is 19.5. The number of hydrogen-bond donors (Lipinski definition) is 0. The molecule has 1 unspecified atom stereocenters. The van der Waals surface area contributed by atoms with Crippen LogP contribution >= 0.6 is 0 Å². The van der Waals surface area contributed by atoms with Gasteiger partial charge in [0.2, 0.25) is 0 Å². The maximum atomic E-state index is 6.82. The van der Waals surface area contributed by atoms with Crippen molar-refractivity contribution in [1.29, 1.82) is 0 Å². The number of rotatable bonds is 2. The Morgan fingerprint density at radius 1 is 0.321 bits per heavy atom. The van der Waals surface area contributed by atoms with Crippen molar-refractivity contribution in [2.75, 3.05) is 0 Å². The lowest BCUT2D eigenvalue weighted by Gasteiger charge is -2.31. The summed E-state index contributed by atoms with van der Waals surface area (Å²) in [7, 11) is 0. The van der Waals surface area contributed by atoms with E-state index < -0.39 is 5.41 Å². The second-order valence-electron chi connectivity index (χ2n) is 15.5. The smallest absolute Gasteiger partial charge is 0.143 e. The maximum absolute atomic E-state index is 6.82. The molecule has 0 bridgehead atoms. The summed E-state index contributed by atoms with van der Waals surface area (Å²) in [4.78, 5) is 0. The number of para-hydroxylation sites is 1. The molecule has 0 aromatic heterocycles. The first-order valence-electron chi connectivity index (χ1n) is 19.5. The molecule has 10 aromatic rings. The molecule has 3 aliphatic rings. The van der Waals surface area contributed by atoms with Gasteiger partial charge in [0, 0.05) is 16.5 Å². The first kappa shape index (κ1) is 30.1. The third kappa shape index (κ3) is 3.75. The largest absolute Gasteiger partial charge is 0.455 e. The van der Waals surface area contributed by atoms with E-state index in [2.05, 4.69) is 194 Å². The van der Waals surface area contributed by atoms with Crippen LogP contribution in [0.3, 0.4) is 0 Å². The minimum Gasteiger partial charge on any atom is -0.455 e. The second kappa shape index (κ2) is 10.9. The van der Waals surface area contributed by atoms with Crippen molar-refractivity contribution in [3.63, 3.8) is 0 Å². The molecule has 0 saturated carbocycles. The van der Waals surface area contributed by atoms with E-state index in [9.17, 15) is 0 Å². The molecule has 1 atom stereocenters. The topological polar surface area (TPSA) is 9.23 Å². The van der Waals surface area contributed by atoms with Crippen molar-refractivity contribution in [3.05, 3.63) is 216 Å². The van der Waals surface area contributed by atoms with Crippen LogP contribution in [0.25, 0.3) is 88.0 Å². The Balaban J connectivity index is 1.05. The van der Waals surface area contributed by atoms with Gasteiger partial charge in [-0.1, -0.05) is 176 Å². The Kier molecular flexibility index (Phi) is 5.89. The summed E-state index contributed by atoms with van der Waals surface area (Å²) in [6, 6.07) is 72.0. The van der Waals surface area contributed by atoms with Crippen LogP contribution in [0.1, 0.15) is 22.3 Å². The van der Waals surface area contributed by atoms with Crippen LogP contribution < -0.4 is 4.74 Å². The first-order chi connectivity index (χ1) is 27.8. The monoisotopic (exact) mass is 708 g/mol. The second-order valence-corrected chi connectivity index (χ2v) is 15.5. The van der Waals surface area contributed by atoms with Crippen molar-refractivity contribution in [3.8, 4) is 67.1 Å². The zero-order chi connectivity index (χ0) is 36.5. The predicted octanol–water partition coefficient (Wildman–Crippen LogP) is 14.6. The third-order valence-corrected chi connectivity index (χ3v) is 12.9. The van der Waals surface area contributed by atoms with E-state index in [1.807, 2.05) is 0 Å². The molecule has 0 saturated heterocycles. The van der Waals surface area contributed by atoms with Gasteiger partial charge >= 0.3 is 0 Å². The van der Waals surface area contributed by atoms with Crippen molar-refractivity contribution in [2.24, 2.45) is 0 Å². The van der Waals surface area contributed by atoms with Crippen LogP contribution in [-0.4, -0.2) is 0 Å². The normalized spacial score (nSPS) is 15.4. The lowest BCUT2D eigenvalue weighted by atomic mass is 9.70. The fourth-order valence-corrected chi connectivity index (χ4v) is 10.6. The summed E-state index contributed by atoms with van der Waals surface area (Å²) in [5, 5.41) is 7.38. The van der Waals surface area contributed by atoms with Gasteiger partial charge in [-0.15, -0.1) is 0 Å². The number of ether oxygens (including phenoxy) is 1. The standard InChI is InChI=1S/C55H32O/c1-2-14-37-33(12-1)26-31-49-53(37)46-19-6-9-22-48(46)55(49)47-21-8-5-17-41(47)42-27-25-35(32-50(42)55)36-29-30-40(39-16-4-3-15-38(36)39)45-28-24-34-13-11-20-44-43-18-7-10-23-51(43)56-54(45)52(34)44/h1-32H. The molecule has 0 fully saturated rings. The van der Waals surface area contributed by atoms with Gasteiger partial charge in [-0.2, -0.15) is 0 Å². The van der Waals surface area contributed by atoms with Gasteiger partial charge in [0.25, 0.3) is 0 Å². The van der Waals surface area contributed by atoms with E-state index in [1.54, 1.807) is 0 Å². The van der Waals surface area contributed by atoms with E-state index >= 15 is 0 Å². The zero-order valence-electron chi connectivity index (χ0n) is 30.4. The van der Waals surface area contributed by atoms with E-state index in [0.29, 0.717) is 0 Å². The van der Waals surface area contributed by atoms with Gasteiger partial charge in [-0.05, 0) is 112 Å². The summed E-state index contributed by atoms with van der Waals surface area (Å²) in [5.74, 6) is 1.83. The highest BCUT2D eigenvalue weighted by molar-refractivity contribution is 6.12. The van der Waals surface area contributed by atoms with Crippen LogP contribution in [0.2, 0.25) is 0 Å². The van der Waals surface area contributed by atoms with E-state index in [0.717, 1.165) is 22.6 Å². The molecule has 13 rings (SSSR count). The van der Waals surface area contributed by atoms with Crippen molar-refractivity contribution >= 4 is 32.3 Å². The van der Waals surface area contributed by atoms with Crippen LogP contribution in [0, 0.1) is 0 Å². The lowest BCUT2D eigenvalue weighted by Crippen LogP contribution is -2.25. The fraction of sp³-hybridized carbons (Fsp3) is 0.0182. The lowest BCUT2D eigenvalue weighted by molar-refractivity contribution is 0.489. The van der Waals surface area contributed by atoms with Crippen LogP contribution in [0.4, 0.5) is 0 Å². The molecule has 56 heavy (non-hydrogen) atoms. The molecule has 258 valence electrons. The molecule has 0 radical (unpaired) electrons. The van der Waals surface area contributed by atoms with Crippen molar-refractivity contribution < 1.29 is 4.74 Å². The van der Waals surface area contributed by atoms with Gasteiger partial charge in [-0.3, -0.25) is 0 Å². The summed E-state index contributed by atoms with van der Waals surface area (Å²) in [5.41, 5.74) is 17.4. The molecule has 0 amide bonds. The SMILES string of the molecule is c1ccc2c(c1)Oc1c(-c3ccc(-c4ccc5c(c4)C4(c6ccccc6-5)c5ccccc5-c5c4ccc4ccccc54)c4ccccc34)ccc3cccc-2c13. The van der Waals surface area contributed by atoms with Gasteiger partial charge < -0.3 is 4.74 Å². The third-order valence-electron chi connectivity index (χ3n) is 12.9. The van der Waals surface area contributed by atoms with Crippen LogP contribution in [-0.2, 0) is 5.41 Å². The van der Waals surface area contributed by atoms with Crippen molar-refractivity contribution in [1.82, 2.24) is 0 Å². The van der Waals surface area contributed by atoms with Crippen LogP contribution in [0.5, 0.6) is 11.5 Å². The number of hydrogen-bond acceptors (Lipinski definition) is 1. The Morgan fingerprint density at radius 3 is 1.79 bits per heavy atom. The van der Waals surface area contributed by atoms with E-state index in [1.165, 1.54) is 99.1 Å². The fourth-order valence-electron chi connectivity index (χ4n) is 10.6. The Hall–Kier alpha value is -7.22. The summed E-state index contributed by atoms with van der Waals surface area (Å²) in [6.07, 6.45) is 0. The quantitative estimate of drug-likeness (QED) is 0.174. The molecule has 1 heteroatoms. The average Bonchev–Trinajstić information content (AvgIpc) is 3.74. The number of benzene rings is 10. The number of fused-ring (bicyclic) bond motifs is 15. The molecular formula is C55H32O.